The molecule has 1 heterocycles. The maximum Gasteiger partial charge on any atom is -0.00584 e. The minimum Gasteiger partial charge on any atom is -0.152 e. The average Bonchev–Trinajstić information content (AvgIpc) is 3.13. The predicted molar refractivity (Wildman–Crippen MR) is 126 cm³/mol. The second kappa shape index (κ2) is 19.0. The van der Waals surface area contributed by atoms with Crippen LogP contribution >= 0.6 is 11.3 Å². The Morgan fingerprint density at radius 3 is 1.19 bits per heavy atom. The van der Waals surface area contributed by atoms with E-state index in [9.17, 15) is 0 Å². The lowest BCUT2D eigenvalue weighted by atomic mass is 10.0. The number of hydrogen-bond donors (Lipinski definition) is 0. The van der Waals surface area contributed by atoms with E-state index in [-0.39, 0.29) is 0 Å². The Bertz CT molecular complexity index is 406. The first-order valence-corrected chi connectivity index (χ1v) is 13.4. The van der Waals surface area contributed by atoms with Crippen molar-refractivity contribution >= 4 is 11.3 Å². The molecule has 1 aromatic rings. The molecule has 0 nitrogen and oxygen atoms in total. The van der Waals surface area contributed by atoms with E-state index in [1.54, 1.807) is 11.1 Å². The van der Waals surface area contributed by atoms with E-state index in [1.165, 1.54) is 128 Å². The highest BCUT2D eigenvalue weighted by atomic mass is 32.1. The molecule has 0 spiro atoms. The van der Waals surface area contributed by atoms with Gasteiger partial charge >= 0.3 is 0 Å². The predicted octanol–water partition coefficient (Wildman–Crippen LogP) is 9.89. The molecule has 0 saturated carbocycles. The number of thiophene rings is 1. The van der Waals surface area contributed by atoms with Crippen molar-refractivity contribution < 1.29 is 0 Å². The summed E-state index contributed by atoms with van der Waals surface area (Å²) in [6, 6.07) is 0. The van der Waals surface area contributed by atoms with E-state index in [2.05, 4.69) is 24.6 Å². The SMILES string of the molecule is CCCCCCCCCCCCCCCCCCc1cscc1CCCC. The molecule has 1 heteroatoms. The van der Waals surface area contributed by atoms with Crippen molar-refractivity contribution in [2.24, 2.45) is 0 Å². The maximum absolute atomic E-state index is 2.40. The van der Waals surface area contributed by atoms with Gasteiger partial charge in [-0.1, -0.05) is 117 Å². The van der Waals surface area contributed by atoms with Crippen molar-refractivity contribution in [3.8, 4) is 0 Å². The van der Waals surface area contributed by atoms with Crippen LogP contribution in [0.15, 0.2) is 10.8 Å². The van der Waals surface area contributed by atoms with Crippen molar-refractivity contribution in [2.45, 2.75) is 142 Å². The second-order valence-corrected chi connectivity index (χ2v) is 9.32. The molecule has 0 aliphatic heterocycles. The van der Waals surface area contributed by atoms with Crippen molar-refractivity contribution in [1.82, 2.24) is 0 Å². The summed E-state index contributed by atoms with van der Waals surface area (Å²) in [5, 5.41) is 4.79. The van der Waals surface area contributed by atoms with Crippen LogP contribution in [-0.2, 0) is 12.8 Å². The van der Waals surface area contributed by atoms with Crippen LogP contribution in [0.2, 0.25) is 0 Å². The molecule has 0 fully saturated rings. The first kappa shape index (κ1) is 24.7. The minimum atomic E-state index is 1.30. The Balaban J connectivity index is 1.80. The molecule has 0 amide bonds. The molecule has 0 aliphatic rings. The summed E-state index contributed by atoms with van der Waals surface area (Å²) in [7, 11) is 0. The van der Waals surface area contributed by atoms with Gasteiger partial charge < -0.3 is 0 Å². The van der Waals surface area contributed by atoms with Crippen molar-refractivity contribution in [3.05, 3.63) is 21.9 Å². The monoisotopic (exact) mass is 392 g/mol. The highest BCUT2D eigenvalue weighted by Crippen LogP contribution is 2.20. The van der Waals surface area contributed by atoms with Crippen molar-refractivity contribution in [3.63, 3.8) is 0 Å². The van der Waals surface area contributed by atoms with Gasteiger partial charge in [-0.2, -0.15) is 11.3 Å². The Morgan fingerprint density at radius 2 is 0.778 bits per heavy atom. The normalized spacial score (nSPS) is 11.3. The molecule has 0 aromatic carbocycles. The highest BCUT2D eigenvalue weighted by molar-refractivity contribution is 7.08. The van der Waals surface area contributed by atoms with E-state index >= 15 is 0 Å². The molecular weight excluding hydrogens is 344 g/mol. The minimum absolute atomic E-state index is 1.30. The van der Waals surface area contributed by atoms with E-state index in [0.717, 1.165) is 0 Å². The Kier molecular flexibility index (Phi) is 17.4. The summed E-state index contributed by atoms with van der Waals surface area (Å²) in [6.45, 7) is 4.59. The molecule has 0 N–H and O–H groups in total. The molecule has 158 valence electrons. The summed E-state index contributed by atoms with van der Waals surface area (Å²) >= 11 is 1.91. The standard InChI is InChI=1S/C26H48S/c1-3-5-7-8-9-10-11-12-13-14-15-16-17-18-19-20-22-26-24-27-23-25(26)21-6-4-2/h23-24H,3-22H2,1-2H3. The van der Waals surface area contributed by atoms with Crippen LogP contribution < -0.4 is 0 Å². The van der Waals surface area contributed by atoms with Gasteiger partial charge in [-0.25, -0.2) is 0 Å². The van der Waals surface area contributed by atoms with Gasteiger partial charge in [0.05, 0.1) is 0 Å². The number of rotatable bonds is 20. The lowest BCUT2D eigenvalue weighted by molar-refractivity contribution is 0.529. The Morgan fingerprint density at radius 1 is 0.444 bits per heavy atom. The van der Waals surface area contributed by atoms with Gasteiger partial charge in [0, 0.05) is 0 Å². The lowest BCUT2D eigenvalue weighted by Gasteiger charge is -2.05. The maximum atomic E-state index is 2.40. The molecule has 0 saturated heterocycles. The summed E-state index contributed by atoms with van der Waals surface area (Å²) in [4.78, 5) is 0. The third-order valence-corrected chi connectivity index (χ3v) is 6.77. The highest BCUT2D eigenvalue weighted by Gasteiger charge is 2.03. The van der Waals surface area contributed by atoms with Crippen LogP contribution in [0, 0.1) is 0 Å². The van der Waals surface area contributed by atoms with Gasteiger partial charge in [0.15, 0.2) is 0 Å². The number of aryl methyl sites for hydroxylation is 2. The lowest BCUT2D eigenvalue weighted by Crippen LogP contribution is -1.91. The Hall–Kier alpha value is -0.300. The van der Waals surface area contributed by atoms with Gasteiger partial charge in [-0.15, -0.1) is 0 Å². The summed E-state index contributed by atoms with van der Waals surface area (Å²) in [5.41, 5.74) is 3.29. The topological polar surface area (TPSA) is 0 Å². The summed E-state index contributed by atoms with van der Waals surface area (Å²) in [5.74, 6) is 0. The molecule has 0 unspecified atom stereocenters. The smallest absolute Gasteiger partial charge is 0.00584 e. The third kappa shape index (κ3) is 14.4. The van der Waals surface area contributed by atoms with Crippen molar-refractivity contribution in [1.29, 1.82) is 0 Å². The van der Waals surface area contributed by atoms with Gasteiger partial charge in [-0.05, 0) is 47.6 Å². The molecule has 0 bridgehead atoms. The number of unbranched alkanes of at least 4 members (excludes halogenated alkanes) is 16. The van der Waals surface area contributed by atoms with Crippen LogP contribution in [0.4, 0.5) is 0 Å². The zero-order valence-corrected chi connectivity index (χ0v) is 19.5. The van der Waals surface area contributed by atoms with E-state index in [0.29, 0.717) is 0 Å². The van der Waals surface area contributed by atoms with Crippen LogP contribution in [0.1, 0.15) is 141 Å². The number of hydrogen-bond acceptors (Lipinski definition) is 1. The van der Waals surface area contributed by atoms with E-state index < -0.39 is 0 Å². The van der Waals surface area contributed by atoms with Crippen LogP contribution in [0.5, 0.6) is 0 Å². The molecule has 0 radical (unpaired) electrons. The zero-order chi connectivity index (χ0) is 19.4. The molecule has 27 heavy (non-hydrogen) atoms. The molecule has 1 rings (SSSR count). The van der Waals surface area contributed by atoms with Crippen molar-refractivity contribution in [2.75, 3.05) is 0 Å². The fourth-order valence-electron chi connectivity index (χ4n) is 4.02. The van der Waals surface area contributed by atoms with Gasteiger partial charge in [0.2, 0.25) is 0 Å². The van der Waals surface area contributed by atoms with Crippen LogP contribution in [0.3, 0.4) is 0 Å². The quantitative estimate of drug-likeness (QED) is 0.194. The zero-order valence-electron chi connectivity index (χ0n) is 18.7. The first-order chi connectivity index (χ1) is 13.4. The van der Waals surface area contributed by atoms with E-state index in [4.69, 9.17) is 0 Å². The summed E-state index contributed by atoms with van der Waals surface area (Å²) < 4.78 is 0. The molecular formula is C26H48S. The van der Waals surface area contributed by atoms with Gasteiger partial charge in [-0.3, -0.25) is 0 Å². The second-order valence-electron chi connectivity index (χ2n) is 8.58. The third-order valence-electron chi connectivity index (χ3n) is 5.93. The largest absolute Gasteiger partial charge is 0.152 e. The van der Waals surface area contributed by atoms with Gasteiger partial charge in [0.25, 0.3) is 0 Å². The van der Waals surface area contributed by atoms with Crippen LogP contribution in [0.25, 0.3) is 0 Å². The van der Waals surface area contributed by atoms with E-state index in [1.807, 2.05) is 11.3 Å². The molecule has 0 atom stereocenters. The Labute approximate surface area is 175 Å². The fraction of sp³-hybridized carbons (Fsp3) is 0.846. The van der Waals surface area contributed by atoms with Gasteiger partial charge in [0.1, 0.15) is 0 Å². The average molecular weight is 393 g/mol. The fourth-order valence-corrected chi connectivity index (χ4v) is 4.95. The molecule has 1 aromatic heterocycles. The van der Waals surface area contributed by atoms with Crippen LogP contribution in [-0.4, -0.2) is 0 Å². The first-order valence-electron chi connectivity index (χ1n) is 12.4. The molecule has 0 aliphatic carbocycles. The summed E-state index contributed by atoms with van der Waals surface area (Å²) in [6.07, 6.45) is 28.6.